The molecule has 1 heterocycles. The van der Waals surface area contributed by atoms with E-state index in [-0.39, 0.29) is 6.04 Å². The standard InChI is InChI=1S/C14H15IN2O/c15-12-7-14(9-17-8-12)18-10-13(16)6-11-4-2-1-3-5-11/h1-5,7-9,13H,6,10,16H2/t13-/m0/s1. The molecule has 0 bridgehead atoms. The van der Waals surface area contributed by atoms with Gasteiger partial charge in [-0.05, 0) is 40.6 Å². The highest BCUT2D eigenvalue weighted by Crippen LogP contribution is 2.13. The van der Waals surface area contributed by atoms with Gasteiger partial charge in [-0.25, -0.2) is 0 Å². The summed E-state index contributed by atoms with van der Waals surface area (Å²) in [5.74, 6) is 0.769. The second kappa shape index (κ2) is 6.70. The summed E-state index contributed by atoms with van der Waals surface area (Å²) in [4.78, 5) is 4.07. The summed E-state index contributed by atoms with van der Waals surface area (Å²) in [6.07, 6.45) is 4.31. The highest BCUT2D eigenvalue weighted by molar-refractivity contribution is 14.1. The quantitative estimate of drug-likeness (QED) is 0.840. The van der Waals surface area contributed by atoms with E-state index in [1.54, 1.807) is 12.4 Å². The van der Waals surface area contributed by atoms with Crippen molar-refractivity contribution >= 4 is 22.6 Å². The third kappa shape index (κ3) is 4.27. The molecule has 94 valence electrons. The van der Waals surface area contributed by atoms with Gasteiger partial charge in [0.1, 0.15) is 12.4 Å². The molecule has 4 heteroatoms. The first-order valence-electron chi connectivity index (χ1n) is 5.77. The largest absolute Gasteiger partial charge is 0.490 e. The van der Waals surface area contributed by atoms with Crippen molar-refractivity contribution in [1.29, 1.82) is 0 Å². The minimum absolute atomic E-state index is 0.00901. The summed E-state index contributed by atoms with van der Waals surface area (Å²) < 4.78 is 6.69. The van der Waals surface area contributed by atoms with E-state index in [1.165, 1.54) is 5.56 Å². The fourth-order valence-electron chi connectivity index (χ4n) is 1.65. The lowest BCUT2D eigenvalue weighted by Gasteiger charge is -2.13. The molecule has 0 unspecified atom stereocenters. The van der Waals surface area contributed by atoms with Gasteiger partial charge in [0.05, 0.1) is 6.20 Å². The number of ether oxygens (including phenoxy) is 1. The van der Waals surface area contributed by atoms with Crippen LogP contribution in [0, 0.1) is 3.57 Å². The lowest BCUT2D eigenvalue weighted by molar-refractivity contribution is 0.286. The second-order valence-electron chi connectivity index (χ2n) is 4.10. The Hall–Kier alpha value is -1.14. The van der Waals surface area contributed by atoms with E-state index < -0.39 is 0 Å². The van der Waals surface area contributed by atoms with Crippen molar-refractivity contribution in [2.75, 3.05) is 6.61 Å². The fraction of sp³-hybridized carbons (Fsp3) is 0.214. The molecule has 0 amide bonds. The molecule has 0 radical (unpaired) electrons. The van der Waals surface area contributed by atoms with Gasteiger partial charge in [0, 0.05) is 15.8 Å². The smallest absolute Gasteiger partial charge is 0.138 e. The number of aromatic nitrogens is 1. The Bertz CT molecular complexity index is 490. The monoisotopic (exact) mass is 354 g/mol. The van der Waals surface area contributed by atoms with Crippen molar-refractivity contribution in [3.63, 3.8) is 0 Å². The van der Waals surface area contributed by atoms with Crippen LogP contribution in [0.3, 0.4) is 0 Å². The zero-order valence-corrected chi connectivity index (χ0v) is 12.1. The van der Waals surface area contributed by atoms with Crippen LogP contribution in [0.15, 0.2) is 48.8 Å². The highest BCUT2D eigenvalue weighted by Gasteiger charge is 2.05. The summed E-state index contributed by atoms with van der Waals surface area (Å²) in [6, 6.07) is 12.1. The third-order valence-electron chi connectivity index (χ3n) is 2.48. The van der Waals surface area contributed by atoms with Gasteiger partial charge in [-0.2, -0.15) is 0 Å². The van der Waals surface area contributed by atoms with Crippen molar-refractivity contribution < 1.29 is 4.74 Å². The molecule has 0 saturated carbocycles. The molecule has 1 atom stereocenters. The summed E-state index contributed by atoms with van der Waals surface area (Å²) in [5.41, 5.74) is 7.28. The van der Waals surface area contributed by atoms with E-state index in [0.29, 0.717) is 6.61 Å². The molecule has 18 heavy (non-hydrogen) atoms. The van der Waals surface area contributed by atoms with Crippen LogP contribution in [0.2, 0.25) is 0 Å². The molecular formula is C14H15IN2O. The summed E-state index contributed by atoms with van der Waals surface area (Å²) in [7, 11) is 0. The predicted molar refractivity (Wildman–Crippen MR) is 80.6 cm³/mol. The average molecular weight is 354 g/mol. The van der Waals surface area contributed by atoms with Crippen LogP contribution in [0.1, 0.15) is 5.56 Å². The Balaban J connectivity index is 1.83. The molecule has 2 rings (SSSR count). The van der Waals surface area contributed by atoms with Crippen LogP contribution < -0.4 is 10.5 Å². The van der Waals surface area contributed by atoms with Crippen LogP contribution in [0.4, 0.5) is 0 Å². The molecule has 0 aliphatic carbocycles. The maximum atomic E-state index is 6.04. The number of nitrogens with two attached hydrogens (primary N) is 1. The highest BCUT2D eigenvalue weighted by atomic mass is 127. The van der Waals surface area contributed by atoms with Crippen LogP contribution in [-0.4, -0.2) is 17.6 Å². The Morgan fingerprint density at radius 3 is 2.72 bits per heavy atom. The molecule has 0 fully saturated rings. The SMILES string of the molecule is N[C@H](COc1cncc(I)c1)Cc1ccccc1. The zero-order chi connectivity index (χ0) is 12.8. The molecule has 0 aliphatic rings. The number of rotatable bonds is 5. The second-order valence-corrected chi connectivity index (χ2v) is 5.35. The third-order valence-corrected chi connectivity index (χ3v) is 3.07. The molecule has 2 N–H and O–H groups in total. The molecule has 3 nitrogen and oxygen atoms in total. The Labute approximate surface area is 121 Å². The first kappa shape index (κ1) is 13.3. The van der Waals surface area contributed by atoms with Gasteiger partial charge in [-0.3, -0.25) is 4.98 Å². The molecular weight excluding hydrogens is 339 g/mol. The van der Waals surface area contributed by atoms with E-state index in [9.17, 15) is 0 Å². The molecule has 1 aromatic heterocycles. The van der Waals surface area contributed by atoms with E-state index in [4.69, 9.17) is 10.5 Å². The van der Waals surface area contributed by atoms with Crippen LogP contribution in [-0.2, 0) is 6.42 Å². The summed E-state index contributed by atoms with van der Waals surface area (Å²) >= 11 is 2.21. The summed E-state index contributed by atoms with van der Waals surface area (Å²) in [6.45, 7) is 0.497. The van der Waals surface area contributed by atoms with E-state index in [0.717, 1.165) is 15.7 Å². The van der Waals surface area contributed by atoms with Crippen LogP contribution >= 0.6 is 22.6 Å². The lowest BCUT2D eigenvalue weighted by Crippen LogP contribution is -2.30. The van der Waals surface area contributed by atoms with Crippen LogP contribution in [0.5, 0.6) is 5.75 Å². The Morgan fingerprint density at radius 1 is 1.22 bits per heavy atom. The molecule has 0 aliphatic heterocycles. The summed E-state index contributed by atoms with van der Waals surface area (Å²) in [5, 5.41) is 0. The number of pyridine rings is 1. The van der Waals surface area contributed by atoms with Gasteiger partial charge in [-0.1, -0.05) is 30.3 Å². The number of benzene rings is 1. The van der Waals surface area contributed by atoms with Crippen molar-refractivity contribution in [3.8, 4) is 5.75 Å². The van der Waals surface area contributed by atoms with Crippen molar-refractivity contribution in [1.82, 2.24) is 4.98 Å². The normalized spacial score (nSPS) is 12.1. The van der Waals surface area contributed by atoms with Gasteiger partial charge in [-0.15, -0.1) is 0 Å². The molecule has 1 aromatic carbocycles. The number of hydrogen-bond donors (Lipinski definition) is 1. The maximum Gasteiger partial charge on any atom is 0.138 e. The van der Waals surface area contributed by atoms with E-state index in [2.05, 4.69) is 39.7 Å². The fourth-order valence-corrected chi connectivity index (χ4v) is 2.12. The van der Waals surface area contributed by atoms with E-state index >= 15 is 0 Å². The van der Waals surface area contributed by atoms with Gasteiger partial charge >= 0.3 is 0 Å². The molecule has 0 spiro atoms. The predicted octanol–water partition coefficient (Wildman–Crippen LogP) is 2.64. The minimum atomic E-state index is -0.00901. The number of hydrogen-bond acceptors (Lipinski definition) is 3. The van der Waals surface area contributed by atoms with Crippen molar-refractivity contribution in [3.05, 3.63) is 57.9 Å². The van der Waals surface area contributed by atoms with Crippen LogP contribution in [0.25, 0.3) is 0 Å². The van der Waals surface area contributed by atoms with E-state index in [1.807, 2.05) is 24.3 Å². The Morgan fingerprint density at radius 2 is 2.00 bits per heavy atom. The van der Waals surface area contributed by atoms with Gasteiger partial charge < -0.3 is 10.5 Å². The van der Waals surface area contributed by atoms with Gasteiger partial charge in [0.15, 0.2) is 0 Å². The molecule has 2 aromatic rings. The first-order chi connectivity index (χ1) is 8.74. The maximum absolute atomic E-state index is 6.04. The van der Waals surface area contributed by atoms with Crippen molar-refractivity contribution in [2.45, 2.75) is 12.5 Å². The Kier molecular flexibility index (Phi) is 4.95. The molecule has 0 saturated heterocycles. The first-order valence-corrected chi connectivity index (χ1v) is 6.85. The number of nitrogens with zero attached hydrogens (tertiary/aromatic N) is 1. The minimum Gasteiger partial charge on any atom is -0.490 e. The van der Waals surface area contributed by atoms with Gasteiger partial charge in [0.2, 0.25) is 0 Å². The average Bonchev–Trinajstić information content (AvgIpc) is 2.38. The number of halogens is 1. The van der Waals surface area contributed by atoms with Gasteiger partial charge in [0.25, 0.3) is 0 Å². The topological polar surface area (TPSA) is 48.1 Å². The zero-order valence-electron chi connectivity index (χ0n) is 9.92. The lowest BCUT2D eigenvalue weighted by atomic mass is 10.1. The van der Waals surface area contributed by atoms with Crippen molar-refractivity contribution in [2.24, 2.45) is 5.73 Å².